The topological polar surface area (TPSA) is 84.1 Å². The van der Waals surface area contributed by atoms with Crippen LogP contribution in [0, 0.1) is 0 Å². The van der Waals surface area contributed by atoms with Crippen LogP contribution in [0.3, 0.4) is 0 Å². The molecule has 0 radical (unpaired) electrons. The quantitative estimate of drug-likeness (QED) is 0.796. The minimum atomic E-state index is -1.05. The number of fused-ring (bicyclic) bond motifs is 1. The smallest absolute Gasteiger partial charge is 0.358 e. The molecule has 3 aromatic rings. The molecule has 4 rings (SSSR count). The molecule has 1 saturated heterocycles. The standard InChI is InChI=1S/C16H15N5O2/c22-16(23)14-10-21(19-18-14)12-7-8-20(9-12)15-6-5-11-3-1-2-4-13(11)17-15/h1-6,10,12H,7-9H2,(H,22,23). The van der Waals surface area contributed by atoms with Gasteiger partial charge in [-0.1, -0.05) is 23.4 Å². The van der Waals surface area contributed by atoms with Crippen LogP contribution >= 0.6 is 0 Å². The fraction of sp³-hybridized carbons (Fsp3) is 0.250. The number of carboxylic acid groups (broad SMARTS) is 1. The van der Waals surface area contributed by atoms with Crippen LogP contribution in [0.4, 0.5) is 5.82 Å². The van der Waals surface area contributed by atoms with Gasteiger partial charge in [0.25, 0.3) is 0 Å². The maximum Gasteiger partial charge on any atom is 0.358 e. The number of carboxylic acids is 1. The highest BCUT2D eigenvalue weighted by atomic mass is 16.4. The number of carbonyl (C=O) groups is 1. The van der Waals surface area contributed by atoms with Gasteiger partial charge in [-0.15, -0.1) is 5.10 Å². The van der Waals surface area contributed by atoms with Gasteiger partial charge >= 0.3 is 5.97 Å². The van der Waals surface area contributed by atoms with E-state index < -0.39 is 5.97 Å². The zero-order chi connectivity index (χ0) is 15.8. The summed E-state index contributed by atoms with van der Waals surface area (Å²) in [5, 5.41) is 17.7. The molecule has 3 heterocycles. The van der Waals surface area contributed by atoms with Gasteiger partial charge < -0.3 is 10.0 Å². The third kappa shape index (κ3) is 2.50. The van der Waals surface area contributed by atoms with Gasteiger partial charge in [0.2, 0.25) is 0 Å². The number of anilines is 1. The van der Waals surface area contributed by atoms with Gasteiger partial charge in [0.15, 0.2) is 5.69 Å². The Balaban J connectivity index is 1.55. The van der Waals surface area contributed by atoms with E-state index in [1.165, 1.54) is 6.20 Å². The molecule has 1 aliphatic heterocycles. The minimum Gasteiger partial charge on any atom is -0.476 e. The van der Waals surface area contributed by atoms with Gasteiger partial charge in [0.1, 0.15) is 5.82 Å². The van der Waals surface area contributed by atoms with Crippen molar-refractivity contribution in [2.24, 2.45) is 0 Å². The van der Waals surface area contributed by atoms with Crippen molar-refractivity contribution in [2.45, 2.75) is 12.5 Å². The van der Waals surface area contributed by atoms with E-state index in [-0.39, 0.29) is 11.7 Å². The Labute approximate surface area is 132 Å². The summed E-state index contributed by atoms with van der Waals surface area (Å²) in [6.07, 6.45) is 2.38. The number of nitrogens with zero attached hydrogens (tertiary/aromatic N) is 5. The molecule has 1 aromatic carbocycles. The van der Waals surface area contributed by atoms with E-state index in [4.69, 9.17) is 10.1 Å². The lowest BCUT2D eigenvalue weighted by Gasteiger charge is -2.17. The van der Waals surface area contributed by atoms with E-state index >= 15 is 0 Å². The van der Waals surface area contributed by atoms with Gasteiger partial charge in [-0.2, -0.15) is 0 Å². The van der Waals surface area contributed by atoms with Crippen molar-refractivity contribution in [3.05, 3.63) is 48.3 Å². The first-order valence-corrected chi connectivity index (χ1v) is 7.46. The van der Waals surface area contributed by atoms with Gasteiger partial charge in [-0.3, -0.25) is 0 Å². The van der Waals surface area contributed by atoms with Crippen molar-refractivity contribution in [3.8, 4) is 0 Å². The molecular weight excluding hydrogens is 294 g/mol. The molecule has 0 saturated carbocycles. The van der Waals surface area contributed by atoms with E-state index in [2.05, 4.69) is 21.3 Å². The number of pyridine rings is 1. The predicted molar refractivity (Wildman–Crippen MR) is 84.6 cm³/mol. The normalized spacial score (nSPS) is 17.7. The zero-order valence-corrected chi connectivity index (χ0v) is 12.3. The molecule has 1 unspecified atom stereocenters. The molecule has 2 aromatic heterocycles. The first-order valence-electron chi connectivity index (χ1n) is 7.46. The summed E-state index contributed by atoms with van der Waals surface area (Å²) < 4.78 is 1.64. The monoisotopic (exact) mass is 309 g/mol. The van der Waals surface area contributed by atoms with E-state index in [1.54, 1.807) is 4.68 Å². The molecule has 0 bridgehead atoms. The molecule has 1 N–H and O–H groups in total. The number of benzene rings is 1. The molecule has 116 valence electrons. The second kappa shape index (κ2) is 5.35. The van der Waals surface area contributed by atoms with Gasteiger partial charge in [-0.25, -0.2) is 14.5 Å². The molecule has 0 amide bonds. The average molecular weight is 309 g/mol. The fourth-order valence-corrected chi connectivity index (χ4v) is 2.95. The lowest BCUT2D eigenvalue weighted by Crippen LogP contribution is -2.22. The van der Waals surface area contributed by atoms with Crippen molar-refractivity contribution < 1.29 is 9.90 Å². The van der Waals surface area contributed by atoms with Crippen LogP contribution in [-0.4, -0.2) is 44.1 Å². The van der Waals surface area contributed by atoms with Gasteiger partial charge in [0, 0.05) is 18.5 Å². The molecule has 0 aliphatic carbocycles. The van der Waals surface area contributed by atoms with Gasteiger partial charge in [0.05, 0.1) is 17.8 Å². The largest absolute Gasteiger partial charge is 0.476 e. The van der Waals surface area contributed by atoms with E-state index in [0.717, 1.165) is 36.2 Å². The van der Waals surface area contributed by atoms with Crippen molar-refractivity contribution in [1.82, 2.24) is 20.0 Å². The Morgan fingerprint density at radius 2 is 2.09 bits per heavy atom. The minimum absolute atomic E-state index is 0.0210. The Morgan fingerprint density at radius 3 is 2.91 bits per heavy atom. The van der Waals surface area contributed by atoms with E-state index in [1.807, 2.05) is 30.3 Å². The van der Waals surface area contributed by atoms with Crippen LogP contribution in [0.1, 0.15) is 23.0 Å². The van der Waals surface area contributed by atoms with E-state index in [0.29, 0.717) is 0 Å². The number of hydrogen-bond donors (Lipinski definition) is 1. The maximum atomic E-state index is 10.9. The van der Waals surface area contributed by atoms with E-state index in [9.17, 15) is 4.79 Å². The van der Waals surface area contributed by atoms with Crippen LogP contribution in [0.15, 0.2) is 42.6 Å². The Bertz CT molecular complexity index is 876. The van der Waals surface area contributed by atoms with Crippen LogP contribution in [-0.2, 0) is 0 Å². The molecule has 23 heavy (non-hydrogen) atoms. The second-order valence-corrected chi connectivity index (χ2v) is 5.64. The lowest BCUT2D eigenvalue weighted by molar-refractivity contribution is 0.0690. The first-order chi connectivity index (χ1) is 11.2. The maximum absolute atomic E-state index is 10.9. The van der Waals surface area contributed by atoms with Gasteiger partial charge in [-0.05, 0) is 24.6 Å². The highest BCUT2D eigenvalue weighted by molar-refractivity contribution is 5.84. The lowest BCUT2D eigenvalue weighted by atomic mass is 10.2. The number of aromatic carboxylic acids is 1. The van der Waals surface area contributed by atoms with Crippen molar-refractivity contribution in [1.29, 1.82) is 0 Å². The summed E-state index contributed by atoms with van der Waals surface area (Å²) in [6.45, 7) is 1.60. The summed E-state index contributed by atoms with van der Waals surface area (Å²) >= 11 is 0. The summed E-state index contributed by atoms with van der Waals surface area (Å²) in [5.74, 6) is -0.118. The molecule has 7 heteroatoms. The van der Waals surface area contributed by atoms with Crippen LogP contribution in [0.5, 0.6) is 0 Å². The van der Waals surface area contributed by atoms with Crippen molar-refractivity contribution in [3.63, 3.8) is 0 Å². The second-order valence-electron chi connectivity index (χ2n) is 5.64. The molecule has 1 atom stereocenters. The Hall–Kier alpha value is -2.96. The van der Waals surface area contributed by atoms with Crippen molar-refractivity contribution in [2.75, 3.05) is 18.0 Å². The highest BCUT2D eigenvalue weighted by Gasteiger charge is 2.26. The number of hydrogen-bond acceptors (Lipinski definition) is 5. The number of para-hydroxylation sites is 1. The third-order valence-corrected chi connectivity index (χ3v) is 4.17. The Kier molecular flexibility index (Phi) is 3.18. The molecule has 0 spiro atoms. The van der Waals surface area contributed by atoms with Crippen LogP contribution in [0.25, 0.3) is 10.9 Å². The zero-order valence-electron chi connectivity index (χ0n) is 12.3. The summed E-state index contributed by atoms with van der Waals surface area (Å²) in [5.41, 5.74) is 0.953. The fourth-order valence-electron chi connectivity index (χ4n) is 2.95. The van der Waals surface area contributed by atoms with Crippen LogP contribution < -0.4 is 4.90 Å². The number of aromatic nitrogens is 4. The third-order valence-electron chi connectivity index (χ3n) is 4.17. The highest BCUT2D eigenvalue weighted by Crippen LogP contribution is 2.26. The summed E-state index contributed by atoms with van der Waals surface area (Å²) in [4.78, 5) is 17.8. The SMILES string of the molecule is O=C(O)c1cn(C2CCN(c3ccc4ccccc4n3)C2)nn1. The molecular formula is C16H15N5O2. The molecule has 1 aliphatic rings. The summed E-state index contributed by atoms with van der Waals surface area (Å²) in [6, 6.07) is 12.2. The van der Waals surface area contributed by atoms with Crippen molar-refractivity contribution >= 4 is 22.7 Å². The van der Waals surface area contributed by atoms with Crippen LogP contribution in [0.2, 0.25) is 0 Å². The molecule has 7 nitrogen and oxygen atoms in total. The Morgan fingerprint density at radius 1 is 1.22 bits per heavy atom. The first kappa shape index (κ1) is 13.7. The predicted octanol–water partition coefficient (Wildman–Crippen LogP) is 1.98. The molecule has 1 fully saturated rings. The summed E-state index contributed by atoms with van der Waals surface area (Å²) in [7, 11) is 0. The average Bonchev–Trinajstić information content (AvgIpc) is 3.23. The number of rotatable bonds is 3.